The first-order chi connectivity index (χ1) is 10.1. The Bertz CT molecular complexity index is 480. The highest BCUT2D eigenvalue weighted by Crippen LogP contribution is 2.26. The van der Waals surface area contributed by atoms with Gasteiger partial charge in [0.25, 0.3) is 0 Å². The van der Waals surface area contributed by atoms with E-state index in [4.69, 9.17) is 4.74 Å². The molecule has 0 radical (unpaired) electrons. The molecule has 0 bridgehead atoms. The van der Waals surface area contributed by atoms with Gasteiger partial charge < -0.3 is 10.1 Å². The zero-order valence-electron chi connectivity index (χ0n) is 13.0. The summed E-state index contributed by atoms with van der Waals surface area (Å²) in [5.41, 5.74) is 2.23. The molecule has 0 saturated heterocycles. The second-order valence-corrected chi connectivity index (χ2v) is 5.58. The van der Waals surface area contributed by atoms with Gasteiger partial charge in [-0.15, -0.1) is 0 Å². The first kappa shape index (κ1) is 15.9. The molecule has 0 spiro atoms. The topological polar surface area (TPSA) is 67.3 Å². The van der Waals surface area contributed by atoms with Gasteiger partial charge in [-0.05, 0) is 13.3 Å². The number of ether oxygens (including phenoxy) is 1. The summed E-state index contributed by atoms with van der Waals surface area (Å²) in [6.07, 6.45) is 4.28. The van der Waals surface area contributed by atoms with E-state index >= 15 is 0 Å². The maximum absolute atomic E-state index is 12.2. The molecule has 2 rings (SSSR count). The van der Waals surface area contributed by atoms with Gasteiger partial charge in [0.2, 0.25) is 5.91 Å². The minimum absolute atomic E-state index is 0.0682. The number of amides is 1. The van der Waals surface area contributed by atoms with Crippen molar-refractivity contribution >= 4 is 5.91 Å². The van der Waals surface area contributed by atoms with Crippen molar-refractivity contribution in [1.29, 1.82) is 0 Å². The number of carbonyl (C=O) groups is 1. The van der Waals surface area contributed by atoms with Gasteiger partial charge in [0.15, 0.2) is 0 Å². The van der Waals surface area contributed by atoms with Crippen molar-refractivity contribution < 1.29 is 9.53 Å². The van der Waals surface area contributed by atoms with Gasteiger partial charge in [0.05, 0.1) is 11.7 Å². The van der Waals surface area contributed by atoms with E-state index in [1.807, 2.05) is 13.1 Å². The average Bonchev–Trinajstić information content (AvgIpc) is 2.50. The monoisotopic (exact) mass is 292 g/mol. The Morgan fingerprint density at radius 3 is 3.19 bits per heavy atom. The third-order valence-electron chi connectivity index (χ3n) is 3.92. The van der Waals surface area contributed by atoms with E-state index in [0.29, 0.717) is 19.1 Å². The second kappa shape index (κ2) is 7.47. The van der Waals surface area contributed by atoms with Crippen LogP contribution in [0.5, 0.6) is 0 Å². The van der Waals surface area contributed by atoms with Crippen molar-refractivity contribution in [2.75, 3.05) is 26.8 Å². The lowest BCUT2D eigenvalue weighted by atomic mass is 9.96. The molecular weight excluding hydrogens is 268 g/mol. The molecule has 6 heteroatoms. The highest BCUT2D eigenvalue weighted by atomic mass is 16.5. The van der Waals surface area contributed by atoms with E-state index in [-0.39, 0.29) is 11.9 Å². The van der Waals surface area contributed by atoms with Crippen LogP contribution < -0.4 is 5.32 Å². The second-order valence-electron chi connectivity index (χ2n) is 5.58. The molecule has 0 saturated carbocycles. The van der Waals surface area contributed by atoms with E-state index in [2.05, 4.69) is 27.1 Å². The molecule has 2 unspecified atom stereocenters. The fraction of sp³-hybridized carbons (Fsp3) is 0.667. The van der Waals surface area contributed by atoms with E-state index in [1.54, 1.807) is 13.4 Å². The summed E-state index contributed by atoms with van der Waals surface area (Å²) in [4.78, 5) is 22.8. The first-order valence-electron chi connectivity index (χ1n) is 7.43. The highest BCUT2D eigenvalue weighted by molar-refractivity contribution is 5.81. The molecule has 1 amide bonds. The highest BCUT2D eigenvalue weighted by Gasteiger charge is 2.29. The van der Waals surface area contributed by atoms with Crippen molar-refractivity contribution in [3.63, 3.8) is 0 Å². The smallest absolute Gasteiger partial charge is 0.237 e. The Balaban J connectivity index is 1.92. The predicted molar refractivity (Wildman–Crippen MR) is 79.8 cm³/mol. The van der Waals surface area contributed by atoms with Gasteiger partial charge in [-0.3, -0.25) is 9.69 Å². The molecule has 0 aliphatic carbocycles. The molecular formula is C15H24N4O2. The number of nitrogens with zero attached hydrogens (tertiary/aromatic N) is 3. The van der Waals surface area contributed by atoms with Crippen molar-refractivity contribution in [2.45, 2.75) is 38.8 Å². The van der Waals surface area contributed by atoms with Crippen molar-refractivity contribution in [3.8, 4) is 0 Å². The van der Waals surface area contributed by atoms with Gasteiger partial charge in [0, 0.05) is 51.0 Å². The molecule has 0 fully saturated rings. The lowest BCUT2D eigenvalue weighted by molar-refractivity contribution is -0.126. The maximum atomic E-state index is 12.2. The van der Waals surface area contributed by atoms with Crippen LogP contribution >= 0.6 is 0 Å². The average molecular weight is 292 g/mol. The Labute approximate surface area is 125 Å². The largest absolute Gasteiger partial charge is 0.385 e. The maximum Gasteiger partial charge on any atom is 0.237 e. The van der Waals surface area contributed by atoms with Gasteiger partial charge in [0.1, 0.15) is 6.33 Å². The van der Waals surface area contributed by atoms with Crippen LogP contribution in [0.1, 0.15) is 37.4 Å². The number of hydrogen-bond acceptors (Lipinski definition) is 5. The van der Waals surface area contributed by atoms with Gasteiger partial charge in [-0.25, -0.2) is 9.97 Å². The number of aromatic nitrogens is 2. The van der Waals surface area contributed by atoms with Crippen LogP contribution in [0.4, 0.5) is 0 Å². The summed E-state index contributed by atoms with van der Waals surface area (Å²) < 4.78 is 4.98. The number of methoxy groups -OCH3 is 1. The van der Waals surface area contributed by atoms with Crippen molar-refractivity contribution in [3.05, 3.63) is 23.8 Å². The van der Waals surface area contributed by atoms with Crippen LogP contribution in [-0.2, 0) is 16.1 Å². The third kappa shape index (κ3) is 3.98. The summed E-state index contributed by atoms with van der Waals surface area (Å²) in [7, 11) is 1.67. The fourth-order valence-electron chi connectivity index (χ4n) is 2.69. The summed E-state index contributed by atoms with van der Waals surface area (Å²) in [6, 6.07) is -0.150. The molecule has 1 aliphatic heterocycles. The van der Waals surface area contributed by atoms with Crippen LogP contribution in [0, 0.1) is 0 Å². The number of nitrogens with one attached hydrogen (secondary N) is 1. The Kier molecular flexibility index (Phi) is 5.64. The molecule has 2 heterocycles. The summed E-state index contributed by atoms with van der Waals surface area (Å²) in [6.45, 7) is 6.98. The SMILES string of the molecule is COCCCNC(=O)C(C)N1Cc2cncnc2C(C)C1. The van der Waals surface area contributed by atoms with Gasteiger partial charge in [-0.2, -0.15) is 0 Å². The molecule has 1 aromatic rings. The molecule has 1 aromatic heterocycles. The first-order valence-corrected chi connectivity index (χ1v) is 7.43. The van der Waals surface area contributed by atoms with Gasteiger partial charge in [-0.1, -0.05) is 6.92 Å². The minimum atomic E-state index is -0.150. The lowest BCUT2D eigenvalue weighted by Gasteiger charge is -2.35. The molecule has 21 heavy (non-hydrogen) atoms. The number of hydrogen-bond donors (Lipinski definition) is 1. The minimum Gasteiger partial charge on any atom is -0.385 e. The molecule has 116 valence electrons. The number of rotatable bonds is 6. The third-order valence-corrected chi connectivity index (χ3v) is 3.92. The summed E-state index contributed by atoms with van der Waals surface area (Å²) in [5.74, 6) is 0.388. The molecule has 0 aromatic carbocycles. The Hall–Kier alpha value is -1.53. The van der Waals surface area contributed by atoms with Crippen LogP contribution in [-0.4, -0.2) is 53.6 Å². The van der Waals surface area contributed by atoms with Crippen molar-refractivity contribution in [2.24, 2.45) is 0 Å². The predicted octanol–water partition coefficient (Wildman–Crippen LogP) is 0.937. The summed E-state index contributed by atoms with van der Waals surface area (Å²) >= 11 is 0. The van der Waals surface area contributed by atoms with Gasteiger partial charge >= 0.3 is 0 Å². The Morgan fingerprint density at radius 2 is 2.43 bits per heavy atom. The zero-order chi connectivity index (χ0) is 15.2. The molecule has 1 N–H and O–H groups in total. The molecule has 1 aliphatic rings. The molecule has 2 atom stereocenters. The quantitative estimate of drug-likeness (QED) is 0.790. The van der Waals surface area contributed by atoms with Crippen molar-refractivity contribution in [1.82, 2.24) is 20.2 Å². The van der Waals surface area contributed by atoms with Crippen LogP contribution in [0.3, 0.4) is 0 Å². The molecule has 6 nitrogen and oxygen atoms in total. The van der Waals surface area contributed by atoms with Crippen LogP contribution in [0.25, 0.3) is 0 Å². The summed E-state index contributed by atoms with van der Waals surface area (Å²) in [5, 5.41) is 2.96. The van der Waals surface area contributed by atoms with E-state index in [9.17, 15) is 4.79 Å². The lowest BCUT2D eigenvalue weighted by Crippen LogP contribution is -2.48. The van der Waals surface area contributed by atoms with Crippen LogP contribution in [0.15, 0.2) is 12.5 Å². The standard InChI is InChI=1S/C15H24N4O2/c1-11-8-19(9-13-7-16-10-18-14(11)13)12(2)15(20)17-5-4-6-21-3/h7,10-12H,4-6,8-9H2,1-3H3,(H,17,20). The fourth-order valence-corrected chi connectivity index (χ4v) is 2.69. The Morgan fingerprint density at radius 1 is 1.62 bits per heavy atom. The number of carbonyl (C=O) groups excluding carboxylic acids is 1. The normalized spacial score (nSPS) is 19.9. The zero-order valence-corrected chi connectivity index (χ0v) is 13.0. The van der Waals surface area contributed by atoms with E-state index in [1.165, 1.54) is 0 Å². The van der Waals surface area contributed by atoms with E-state index < -0.39 is 0 Å². The van der Waals surface area contributed by atoms with E-state index in [0.717, 1.165) is 30.8 Å². The van der Waals surface area contributed by atoms with Crippen LogP contribution in [0.2, 0.25) is 0 Å². The number of fused-ring (bicyclic) bond motifs is 1.